The summed E-state index contributed by atoms with van der Waals surface area (Å²) in [5.74, 6) is -2.28. The van der Waals surface area contributed by atoms with Crippen LogP contribution in [0.2, 0.25) is 0 Å². The third-order valence-electron chi connectivity index (χ3n) is 5.30. The van der Waals surface area contributed by atoms with Gasteiger partial charge in [-0.2, -0.15) is 5.10 Å². The largest absolute Gasteiger partial charge is 0.338 e. The Morgan fingerprint density at radius 1 is 1.07 bits per heavy atom. The van der Waals surface area contributed by atoms with E-state index in [9.17, 15) is 13.6 Å². The maximum atomic E-state index is 13.4. The molecule has 1 aliphatic heterocycles. The number of likely N-dealkylation sites (tertiary alicyclic amines) is 1. The highest BCUT2D eigenvalue weighted by molar-refractivity contribution is 5.97. The molecule has 0 aliphatic carbocycles. The standard InChI is InChI=1S/C21H18F2N6O/c1-13-25-19-5-3-15(12-29(19)27-13)18-11-24-16-4-2-14(10-17(16)26-18)20(30)28-8-6-21(22,23)7-9-28/h2-5,10-12H,6-9H2,1H3. The fourth-order valence-corrected chi connectivity index (χ4v) is 3.65. The molecule has 0 N–H and O–H groups in total. The fraction of sp³-hybridized carbons (Fsp3) is 0.286. The summed E-state index contributed by atoms with van der Waals surface area (Å²) < 4.78 is 28.5. The number of hydrogen-bond donors (Lipinski definition) is 0. The topological polar surface area (TPSA) is 76.3 Å². The molecule has 0 unspecified atom stereocenters. The molecule has 0 spiro atoms. The number of hydrogen-bond acceptors (Lipinski definition) is 5. The van der Waals surface area contributed by atoms with E-state index >= 15 is 0 Å². The number of halogens is 2. The predicted molar refractivity (Wildman–Crippen MR) is 106 cm³/mol. The molecular formula is C21H18F2N6O. The van der Waals surface area contributed by atoms with Crippen molar-refractivity contribution in [1.82, 2.24) is 29.5 Å². The van der Waals surface area contributed by atoms with Crippen LogP contribution in [0.4, 0.5) is 8.78 Å². The maximum absolute atomic E-state index is 13.4. The average Bonchev–Trinajstić information content (AvgIpc) is 3.11. The maximum Gasteiger partial charge on any atom is 0.253 e. The number of benzene rings is 1. The molecule has 5 rings (SSSR count). The van der Waals surface area contributed by atoms with Crippen LogP contribution in [0.25, 0.3) is 27.9 Å². The molecule has 0 atom stereocenters. The van der Waals surface area contributed by atoms with Crippen molar-refractivity contribution in [3.8, 4) is 11.3 Å². The summed E-state index contributed by atoms with van der Waals surface area (Å²) in [4.78, 5) is 27.6. The molecule has 7 nitrogen and oxygen atoms in total. The number of fused-ring (bicyclic) bond motifs is 2. The number of aromatic nitrogens is 5. The lowest BCUT2D eigenvalue weighted by Crippen LogP contribution is -2.42. The first-order chi connectivity index (χ1) is 14.4. The summed E-state index contributed by atoms with van der Waals surface area (Å²) in [5.41, 5.74) is 3.83. The van der Waals surface area contributed by atoms with E-state index in [0.717, 1.165) is 11.2 Å². The zero-order valence-corrected chi connectivity index (χ0v) is 16.2. The smallest absolute Gasteiger partial charge is 0.253 e. The number of pyridine rings is 1. The highest BCUT2D eigenvalue weighted by Crippen LogP contribution is 2.29. The number of nitrogens with zero attached hydrogens (tertiary/aromatic N) is 6. The van der Waals surface area contributed by atoms with Crippen LogP contribution in [0, 0.1) is 6.92 Å². The van der Waals surface area contributed by atoms with Crippen LogP contribution in [-0.4, -0.2) is 54.4 Å². The van der Waals surface area contributed by atoms with E-state index in [2.05, 4.69) is 20.1 Å². The lowest BCUT2D eigenvalue weighted by atomic mass is 10.1. The quantitative estimate of drug-likeness (QED) is 0.507. The van der Waals surface area contributed by atoms with E-state index in [0.29, 0.717) is 28.1 Å². The zero-order valence-electron chi connectivity index (χ0n) is 16.2. The Hall–Kier alpha value is -3.49. The Morgan fingerprint density at radius 2 is 1.87 bits per heavy atom. The molecular weight excluding hydrogens is 390 g/mol. The van der Waals surface area contributed by atoms with Gasteiger partial charge in [0.25, 0.3) is 11.8 Å². The first-order valence-electron chi connectivity index (χ1n) is 9.65. The number of aryl methyl sites for hydroxylation is 1. The third-order valence-corrected chi connectivity index (χ3v) is 5.30. The molecule has 0 bridgehead atoms. The minimum absolute atomic E-state index is 0.0485. The Morgan fingerprint density at radius 3 is 2.67 bits per heavy atom. The van der Waals surface area contributed by atoms with Gasteiger partial charge in [0.1, 0.15) is 5.82 Å². The Bertz CT molecular complexity index is 1280. The van der Waals surface area contributed by atoms with Gasteiger partial charge in [-0.15, -0.1) is 0 Å². The third kappa shape index (κ3) is 3.36. The SMILES string of the molecule is Cc1nc2ccc(-c3cnc4ccc(C(=O)N5CCC(F)(F)CC5)cc4n3)cn2n1. The summed E-state index contributed by atoms with van der Waals surface area (Å²) in [6.45, 7) is 1.92. The van der Waals surface area contributed by atoms with Crippen LogP contribution in [0.5, 0.6) is 0 Å². The molecule has 1 amide bonds. The number of rotatable bonds is 2. The monoisotopic (exact) mass is 408 g/mol. The van der Waals surface area contributed by atoms with Crippen LogP contribution in [0.1, 0.15) is 29.0 Å². The van der Waals surface area contributed by atoms with Crippen molar-refractivity contribution in [2.24, 2.45) is 0 Å². The van der Waals surface area contributed by atoms with Gasteiger partial charge in [0.2, 0.25) is 0 Å². The van der Waals surface area contributed by atoms with E-state index in [1.165, 1.54) is 4.90 Å². The first kappa shape index (κ1) is 18.5. The van der Waals surface area contributed by atoms with Crippen molar-refractivity contribution in [3.05, 3.63) is 54.1 Å². The van der Waals surface area contributed by atoms with Crippen LogP contribution in [0.3, 0.4) is 0 Å². The fourth-order valence-electron chi connectivity index (χ4n) is 3.65. The molecule has 30 heavy (non-hydrogen) atoms. The van der Waals surface area contributed by atoms with Gasteiger partial charge in [-0.3, -0.25) is 9.78 Å². The van der Waals surface area contributed by atoms with Crippen molar-refractivity contribution in [2.45, 2.75) is 25.7 Å². The van der Waals surface area contributed by atoms with Crippen LogP contribution < -0.4 is 0 Å². The van der Waals surface area contributed by atoms with Gasteiger partial charge in [-0.05, 0) is 37.3 Å². The number of piperidine rings is 1. The molecule has 1 aromatic carbocycles. The molecule has 0 radical (unpaired) electrons. The zero-order chi connectivity index (χ0) is 20.9. The summed E-state index contributed by atoms with van der Waals surface area (Å²) in [6.07, 6.45) is 2.89. The minimum atomic E-state index is -2.69. The Labute approximate surface area is 170 Å². The van der Waals surface area contributed by atoms with Gasteiger partial charge < -0.3 is 4.90 Å². The second-order valence-electron chi connectivity index (χ2n) is 7.49. The van der Waals surface area contributed by atoms with E-state index in [1.54, 1.807) is 28.9 Å². The second-order valence-corrected chi connectivity index (χ2v) is 7.49. The Balaban J connectivity index is 1.47. The van der Waals surface area contributed by atoms with Gasteiger partial charge >= 0.3 is 0 Å². The molecule has 152 valence electrons. The molecule has 1 saturated heterocycles. The molecule has 4 aromatic rings. The van der Waals surface area contributed by atoms with Crippen LogP contribution >= 0.6 is 0 Å². The predicted octanol–water partition coefficient (Wildman–Crippen LogP) is 3.52. The molecule has 9 heteroatoms. The lowest BCUT2D eigenvalue weighted by molar-refractivity contribution is -0.0494. The van der Waals surface area contributed by atoms with Crippen molar-refractivity contribution in [2.75, 3.05) is 13.1 Å². The highest BCUT2D eigenvalue weighted by atomic mass is 19.3. The number of amides is 1. The number of carbonyl (C=O) groups excluding carboxylic acids is 1. The highest BCUT2D eigenvalue weighted by Gasteiger charge is 2.35. The summed E-state index contributed by atoms with van der Waals surface area (Å²) in [7, 11) is 0. The van der Waals surface area contributed by atoms with Gasteiger partial charge in [0.05, 0.1) is 22.9 Å². The summed E-state index contributed by atoms with van der Waals surface area (Å²) in [5, 5.41) is 4.31. The van der Waals surface area contributed by atoms with E-state index in [1.807, 2.05) is 25.3 Å². The molecule has 3 aromatic heterocycles. The molecule has 0 saturated carbocycles. The second kappa shape index (κ2) is 6.79. The minimum Gasteiger partial charge on any atom is -0.338 e. The van der Waals surface area contributed by atoms with Gasteiger partial charge in [-0.1, -0.05) is 0 Å². The number of alkyl halides is 2. The van der Waals surface area contributed by atoms with Crippen molar-refractivity contribution in [3.63, 3.8) is 0 Å². The summed E-state index contributed by atoms with van der Waals surface area (Å²) in [6, 6.07) is 8.80. The average molecular weight is 408 g/mol. The first-order valence-corrected chi connectivity index (χ1v) is 9.65. The van der Waals surface area contributed by atoms with Crippen LogP contribution in [-0.2, 0) is 0 Å². The van der Waals surface area contributed by atoms with Crippen molar-refractivity contribution < 1.29 is 13.6 Å². The van der Waals surface area contributed by atoms with Crippen molar-refractivity contribution >= 4 is 22.6 Å². The van der Waals surface area contributed by atoms with Gasteiger partial charge in [0, 0.05) is 43.3 Å². The van der Waals surface area contributed by atoms with Gasteiger partial charge in [0.15, 0.2) is 5.65 Å². The number of carbonyl (C=O) groups is 1. The molecule has 1 fully saturated rings. The van der Waals surface area contributed by atoms with E-state index < -0.39 is 5.92 Å². The van der Waals surface area contributed by atoms with Crippen LogP contribution in [0.15, 0.2) is 42.7 Å². The Kier molecular flexibility index (Phi) is 4.19. The van der Waals surface area contributed by atoms with Crippen molar-refractivity contribution in [1.29, 1.82) is 0 Å². The molecule has 4 heterocycles. The van der Waals surface area contributed by atoms with E-state index in [-0.39, 0.29) is 31.8 Å². The van der Waals surface area contributed by atoms with Gasteiger partial charge in [-0.25, -0.2) is 23.3 Å². The molecule has 1 aliphatic rings. The van der Waals surface area contributed by atoms with E-state index in [4.69, 9.17) is 0 Å². The summed E-state index contributed by atoms with van der Waals surface area (Å²) >= 11 is 0. The lowest BCUT2D eigenvalue weighted by Gasteiger charge is -2.31. The normalized spacial score (nSPS) is 16.3.